The molecule has 1 aliphatic carbocycles. The van der Waals surface area contributed by atoms with Crippen molar-refractivity contribution in [2.45, 2.75) is 103 Å². The van der Waals surface area contributed by atoms with Crippen LogP contribution in [0.15, 0.2) is 99.2 Å². The first-order valence-electron chi connectivity index (χ1n) is 22.1. The van der Waals surface area contributed by atoms with Gasteiger partial charge in [0.1, 0.15) is 23.0 Å². The number of carbonyl (C=O) groups is 4. The number of aromatic hydroxyl groups is 2. The van der Waals surface area contributed by atoms with Crippen LogP contribution in [0.5, 0.6) is 23.0 Å². The Kier molecular flexibility index (Phi) is 15.9. The molecule has 4 aromatic carbocycles. The summed E-state index contributed by atoms with van der Waals surface area (Å²) in [6.07, 6.45) is 3.80. The zero-order chi connectivity index (χ0) is 47.7. The summed E-state index contributed by atoms with van der Waals surface area (Å²) in [5.74, 6) is -3.99. The maximum absolute atomic E-state index is 14.0. The fraction of sp³-hybridized carbons (Fsp3) is 0.333. The predicted octanol–water partition coefficient (Wildman–Crippen LogP) is 8.19. The van der Waals surface area contributed by atoms with Gasteiger partial charge in [-0.1, -0.05) is 72.8 Å². The summed E-state index contributed by atoms with van der Waals surface area (Å²) in [5.41, 5.74) is 8.01. The first-order chi connectivity index (χ1) is 31.6. The zero-order valence-corrected chi connectivity index (χ0v) is 38.1. The van der Waals surface area contributed by atoms with Gasteiger partial charge in [0.05, 0.1) is 12.2 Å². The minimum Gasteiger partial charge on any atom is -0.507 e. The molecule has 1 aliphatic heterocycles. The van der Waals surface area contributed by atoms with Crippen LogP contribution >= 0.6 is 0 Å². The molecule has 6 rings (SSSR count). The summed E-state index contributed by atoms with van der Waals surface area (Å²) < 4.78 is 35.1. The molecule has 2 atom stereocenters. The molecule has 1 unspecified atom stereocenters. The molecule has 1 heterocycles. The molecule has 0 saturated carbocycles. The van der Waals surface area contributed by atoms with Gasteiger partial charge in [0, 0.05) is 25.7 Å². The van der Waals surface area contributed by atoms with Crippen LogP contribution in [0.4, 0.5) is 0 Å². The number of hydrogen-bond acceptors (Lipinski definition) is 12. The molecule has 2 aliphatic rings. The Balaban J connectivity index is 1.70. The van der Waals surface area contributed by atoms with Crippen LogP contribution in [0.1, 0.15) is 94.5 Å². The molecule has 12 nitrogen and oxygen atoms in total. The largest absolute Gasteiger partial charge is 0.507 e. The van der Waals surface area contributed by atoms with Gasteiger partial charge in [-0.15, -0.1) is 26.3 Å². The number of allylic oxidation sites excluding steroid dienone is 4. The number of hydrogen-bond donors (Lipinski definition) is 2. The van der Waals surface area contributed by atoms with Crippen LogP contribution in [-0.4, -0.2) is 71.7 Å². The quantitative estimate of drug-likeness (QED) is 0.0702. The van der Waals surface area contributed by atoms with Crippen molar-refractivity contribution in [1.82, 2.24) is 0 Å². The van der Waals surface area contributed by atoms with Crippen LogP contribution < -0.4 is 9.47 Å². The Bertz CT molecular complexity index is 2270. The SMILES string of the molecule is C=CCc1cc2c(O)c(c1)Cc1cc(CC=C)cc3c1OCC(=O)O[C@H](C(=O)OC(C)C)C(C(=O)OC(C)C)OC(=O)COc1c(cc(CC=C)cc1Cc1cc(CC=C)cc(c1O)C3)C2. The molecule has 0 fully saturated rings. The summed E-state index contributed by atoms with van der Waals surface area (Å²) in [7, 11) is 0. The summed E-state index contributed by atoms with van der Waals surface area (Å²) in [5, 5.41) is 24.5. The number of cyclic esters (lactones) is 2. The van der Waals surface area contributed by atoms with Gasteiger partial charge in [0.2, 0.25) is 12.2 Å². The maximum Gasteiger partial charge on any atom is 0.352 e. The molecule has 2 N–H and O–H groups in total. The second-order valence-electron chi connectivity index (χ2n) is 17.1. The summed E-state index contributed by atoms with van der Waals surface area (Å²) in [6.45, 7) is 20.6. The average Bonchev–Trinajstić information content (AvgIpc) is 3.24. The molecule has 12 heteroatoms. The van der Waals surface area contributed by atoms with Crippen LogP contribution in [0.25, 0.3) is 0 Å². The number of rotatable bonds is 12. The fourth-order valence-electron chi connectivity index (χ4n) is 8.39. The van der Waals surface area contributed by atoms with Crippen molar-refractivity contribution in [3.63, 3.8) is 0 Å². The van der Waals surface area contributed by atoms with E-state index < -0.39 is 61.5 Å². The number of phenolic OH excluding ortho intramolecular Hbond substituents is 2. The van der Waals surface area contributed by atoms with Gasteiger partial charge >= 0.3 is 23.9 Å². The predicted molar refractivity (Wildman–Crippen MR) is 249 cm³/mol. The van der Waals surface area contributed by atoms with Crippen molar-refractivity contribution in [3.05, 3.63) is 166 Å². The first-order valence-corrected chi connectivity index (χ1v) is 22.1. The van der Waals surface area contributed by atoms with Crippen LogP contribution in [0.2, 0.25) is 0 Å². The minimum absolute atomic E-state index is 0.0184. The van der Waals surface area contributed by atoms with Gasteiger partial charge in [-0.3, -0.25) is 0 Å². The van der Waals surface area contributed by atoms with Crippen LogP contribution in [0, 0.1) is 0 Å². The third-order valence-corrected chi connectivity index (χ3v) is 10.9. The van der Waals surface area contributed by atoms with Crippen molar-refractivity contribution in [2.75, 3.05) is 13.2 Å². The molecule has 0 spiro atoms. The third-order valence-electron chi connectivity index (χ3n) is 10.9. The van der Waals surface area contributed by atoms with Gasteiger partial charge in [-0.05, 0) is 120 Å². The van der Waals surface area contributed by atoms with Crippen LogP contribution in [0.3, 0.4) is 0 Å². The van der Waals surface area contributed by atoms with Crippen molar-refractivity contribution >= 4 is 23.9 Å². The Hall–Kier alpha value is -7.08. The number of fused-ring (bicyclic) bond motifs is 2. The Morgan fingerprint density at radius 1 is 0.530 bits per heavy atom. The van der Waals surface area contributed by atoms with Crippen molar-refractivity contribution in [1.29, 1.82) is 0 Å². The molecule has 0 amide bonds. The third kappa shape index (κ3) is 11.8. The second kappa shape index (κ2) is 21.7. The first kappa shape index (κ1) is 48.4. The highest BCUT2D eigenvalue weighted by atomic mass is 16.7. The topological polar surface area (TPSA) is 164 Å². The maximum atomic E-state index is 14.0. The monoisotopic (exact) mass is 898 g/mol. The van der Waals surface area contributed by atoms with E-state index in [4.69, 9.17) is 28.4 Å². The van der Waals surface area contributed by atoms with Gasteiger partial charge in [-0.25, -0.2) is 19.2 Å². The van der Waals surface area contributed by atoms with Gasteiger partial charge in [0.25, 0.3) is 0 Å². The lowest BCUT2D eigenvalue weighted by Crippen LogP contribution is -2.49. The molecule has 66 heavy (non-hydrogen) atoms. The average molecular weight is 899 g/mol. The highest BCUT2D eigenvalue weighted by Gasteiger charge is 2.44. The van der Waals surface area contributed by atoms with E-state index in [1.54, 1.807) is 52.0 Å². The van der Waals surface area contributed by atoms with E-state index in [0.717, 1.165) is 22.3 Å². The van der Waals surface area contributed by atoms with Crippen LogP contribution in [-0.2, 0) is 89.5 Å². The van der Waals surface area contributed by atoms with Gasteiger partial charge in [-0.2, -0.15) is 0 Å². The highest BCUT2D eigenvalue weighted by Crippen LogP contribution is 2.40. The number of ether oxygens (including phenoxy) is 6. The molecule has 346 valence electrons. The number of phenols is 2. The lowest BCUT2D eigenvalue weighted by atomic mass is 9.87. The van der Waals surface area contributed by atoms with E-state index in [2.05, 4.69) is 26.3 Å². The van der Waals surface area contributed by atoms with E-state index in [-0.39, 0.29) is 48.7 Å². The van der Waals surface area contributed by atoms with E-state index in [1.165, 1.54) is 0 Å². The van der Waals surface area contributed by atoms with E-state index in [1.807, 2.05) is 48.5 Å². The molecule has 10 bridgehead atoms. The Morgan fingerprint density at radius 3 is 1.03 bits per heavy atom. The Morgan fingerprint density at radius 2 is 0.788 bits per heavy atom. The number of benzene rings is 4. The lowest BCUT2D eigenvalue weighted by molar-refractivity contribution is -0.195. The lowest BCUT2D eigenvalue weighted by Gasteiger charge is -2.26. The number of esters is 4. The summed E-state index contributed by atoms with van der Waals surface area (Å²) in [4.78, 5) is 55.5. The van der Waals surface area contributed by atoms with E-state index in [9.17, 15) is 29.4 Å². The molecule has 4 aromatic rings. The van der Waals surface area contributed by atoms with Gasteiger partial charge < -0.3 is 38.6 Å². The molecule has 0 radical (unpaired) electrons. The zero-order valence-electron chi connectivity index (χ0n) is 38.1. The molecular formula is C54H58O12. The highest BCUT2D eigenvalue weighted by molar-refractivity contribution is 5.90. The fourth-order valence-corrected chi connectivity index (χ4v) is 8.39. The number of carbonyl (C=O) groups excluding carboxylic acids is 4. The van der Waals surface area contributed by atoms with Crippen molar-refractivity contribution in [2.24, 2.45) is 0 Å². The molecule has 0 aromatic heterocycles. The van der Waals surface area contributed by atoms with Crippen molar-refractivity contribution in [3.8, 4) is 23.0 Å². The van der Waals surface area contributed by atoms with E-state index >= 15 is 0 Å². The smallest absolute Gasteiger partial charge is 0.352 e. The Labute approximate surface area is 386 Å². The standard InChI is InChI=1S/C54H58O12/c1-9-13-33-17-37-25-41-21-35(15-11-3)23-43-27-39-19-34(14-10-2)20-40(48(39)58)28-44-24-36(16-12-4)22-42(26-38(18-33)47(37)57)50(44)62-30-46(56)66-52(54(60)64-32(7)8)51(53(59)63-31(5)6)65-45(55)29-61-49(41)43/h9-12,17-24,31-32,51-52,57-58H,1-4,13-16,25-30H2,5-8H3/t51-,52?/m0/s1. The second-order valence-corrected chi connectivity index (χ2v) is 17.1. The summed E-state index contributed by atoms with van der Waals surface area (Å²) >= 11 is 0. The normalized spacial score (nSPS) is 16.2. The van der Waals surface area contributed by atoms with E-state index in [0.29, 0.717) is 70.2 Å². The molecular weight excluding hydrogens is 841 g/mol. The minimum atomic E-state index is -2.11. The molecule has 0 saturated heterocycles. The van der Waals surface area contributed by atoms with Crippen molar-refractivity contribution < 1.29 is 57.8 Å². The summed E-state index contributed by atoms with van der Waals surface area (Å²) in [6, 6.07) is 15.2. The van der Waals surface area contributed by atoms with Gasteiger partial charge in [0.15, 0.2) is 13.2 Å².